The van der Waals surface area contributed by atoms with E-state index >= 15 is 0 Å². The van der Waals surface area contributed by atoms with Crippen LogP contribution in [0.5, 0.6) is 0 Å². The SMILES string of the molecule is CCCCCCCCCC/C=C/C(O)C(CO)NC(=O)C(O)CCCCCCCC/C=C\CCCCCCCCCCC. The van der Waals surface area contributed by atoms with Gasteiger partial charge in [-0.2, -0.15) is 0 Å². The van der Waals surface area contributed by atoms with Crippen molar-refractivity contribution in [2.24, 2.45) is 0 Å². The molecule has 254 valence electrons. The molecule has 0 aromatic carbocycles. The topological polar surface area (TPSA) is 89.8 Å². The second kappa shape index (κ2) is 33.7. The average Bonchev–Trinajstić information content (AvgIpc) is 3.01. The highest BCUT2D eigenvalue weighted by molar-refractivity contribution is 5.80. The average molecular weight is 608 g/mol. The Hall–Kier alpha value is -1.17. The summed E-state index contributed by atoms with van der Waals surface area (Å²) < 4.78 is 0. The van der Waals surface area contributed by atoms with Crippen LogP contribution in [0, 0.1) is 0 Å². The summed E-state index contributed by atoms with van der Waals surface area (Å²) >= 11 is 0. The molecular formula is C38H73NO4. The van der Waals surface area contributed by atoms with Crippen LogP contribution in [-0.4, -0.2) is 46.1 Å². The molecule has 0 spiro atoms. The van der Waals surface area contributed by atoms with E-state index in [-0.39, 0.29) is 6.61 Å². The van der Waals surface area contributed by atoms with Gasteiger partial charge in [-0.25, -0.2) is 0 Å². The maximum absolute atomic E-state index is 12.4. The Morgan fingerprint density at radius 3 is 1.35 bits per heavy atom. The van der Waals surface area contributed by atoms with Crippen LogP contribution in [0.3, 0.4) is 0 Å². The first kappa shape index (κ1) is 41.8. The normalized spacial score (nSPS) is 14.1. The quantitative estimate of drug-likeness (QED) is 0.0441. The lowest BCUT2D eigenvalue weighted by atomic mass is 10.0. The molecule has 0 aromatic rings. The van der Waals surface area contributed by atoms with Crippen molar-refractivity contribution >= 4 is 5.91 Å². The Bertz CT molecular complexity index is 635. The number of aliphatic hydroxyl groups is 3. The molecule has 0 radical (unpaired) electrons. The summed E-state index contributed by atoms with van der Waals surface area (Å²) in [5, 5.41) is 32.9. The van der Waals surface area contributed by atoms with Crippen molar-refractivity contribution in [1.29, 1.82) is 0 Å². The lowest BCUT2D eigenvalue weighted by Crippen LogP contribution is -2.48. The Labute approximate surface area is 267 Å². The second-order valence-corrected chi connectivity index (χ2v) is 12.8. The number of aliphatic hydroxyl groups excluding tert-OH is 3. The number of carbonyl (C=O) groups excluding carboxylic acids is 1. The summed E-state index contributed by atoms with van der Waals surface area (Å²) in [6.07, 6.45) is 39.1. The molecule has 0 aromatic heterocycles. The van der Waals surface area contributed by atoms with E-state index in [0.717, 1.165) is 32.1 Å². The molecular weight excluding hydrogens is 534 g/mol. The zero-order valence-corrected chi connectivity index (χ0v) is 28.6. The smallest absolute Gasteiger partial charge is 0.249 e. The fourth-order valence-corrected chi connectivity index (χ4v) is 5.53. The summed E-state index contributed by atoms with van der Waals surface area (Å²) in [4.78, 5) is 12.4. The molecule has 0 saturated carbocycles. The van der Waals surface area contributed by atoms with Gasteiger partial charge in [0.25, 0.3) is 0 Å². The van der Waals surface area contributed by atoms with E-state index in [1.54, 1.807) is 6.08 Å². The summed E-state index contributed by atoms with van der Waals surface area (Å²) in [6.45, 7) is 4.14. The molecule has 0 saturated heterocycles. The van der Waals surface area contributed by atoms with Gasteiger partial charge >= 0.3 is 0 Å². The van der Waals surface area contributed by atoms with Crippen molar-refractivity contribution in [3.05, 3.63) is 24.3 Å². The fourth-order valence-electron chi connectivity index (χ4n) is 5.53. The third-order valence-corrected chi connectivity index (χ3v) is 8.54. The van der Waals surface area contributed by atoms with Crippen LogP contribution in [0.15, 0.2) is 24.3 Å². The molecule has 0 bridgehead atoms. The zero-order chi connectivity index (χ0) is 31.6. The Morgan fingerprint density at radius 1 is 0.558 bits per heavy atom. The minimum absolute atomic E-state index is 0.365. The number of hydrogen-bond acceptors (Lipinski definition) is 4. The number of allylic oxidation sites excluding steroid dienone is 3. The van der Waals surface area contributed by atoms with E-state index < -0.39 is 24.2 Å². The summed E-state index contributed by atoms with van der Waals surface area (Å²) in [7, 11) is 0. The van der Waals surface area contributed by atoms with Gasteiger partial charge in [-0.3, -0.25) is 4.79 Å². The molecule has 1 amide bonds. The Kier molecular flexibility index (Phi) is 32.8. The third kappa shape index (κ3) is 29.3. The molecule has 0 aliphatic heterocycles. The molecule has 0 aliphatic rings. The van der Waals surface area contributed by atoms with Gasteiger partial charge in [0.15, 0.2) is 0 Å². The first-order chi connectivity index (χ1) is 21.1. The molecule has 3 atom stereocenters. The Balaban J connectivity index is 3.71. The molecule has 5 nitrogen and oxygen atoms in total. The standard InChI is InChI=1S/C38H73NO4/c1-3-5-7-9-11-13-15-16-17-18-19-20-21-22-23-25-27-29-31-33-37(42)38(43)39-35(34-40)36(41)32-30-28-26-24-14-12-10-8-6-4-2/h19-20,30,32,35-37,40-42H,3-18,21-29,31,33-34H2,1-2H3,(H,39,43)/b20-19-,32-30+. The predicted octanol–water partition coefficient (Wildman–Crippen LogP) is 9.87. The van der Waals surface area contributed by atoms with E-state index in [0.29, 0.717) is 6.42 Å². The van der Waals surface area contributed by atoms with Crippen LogP contribution < -0.4 is 5.32 Å². The van der Waals surface area contributed by atoms with Crippen molar-refractivity contribution in [1.82, 2.24) is 5.32 Å². The van der Waals surface area contributed by atoms with Gasteiger partial charge in [0.1, 0.15) is 6.10 Å². The molecule has 43 heavy (non-hydrogen) atoms. The van der Waals surface area contributed by atoms with Crippen LogP contribution in [0.25, 0.3) is 0 Å². The molecule has 0 aliphatic carbocycles. The first-order valence-electron chi connectivity index (χ1n) is 18.7. The largest absolute Gasteiger partial charge is 0.394 e. The van der Waals surface area contributed by atoms with Crippen molar-refractivity contribution in [2.75, 3.05) is 6.61 Å². The predicted molar refractivity (Wildman–Crippen MR) is 185 cm³/mol. The molecule has 0 heterocycles. The van der Waals surface area contributed by atoms with Crippen LogP contribution in [0.1, 0.15) is 187 Å². The number of amides is 1. The maximum Gasteiger partial charge on any atom is 0.249 e. The van der Waals surface area contributed by atoms with Gasteiger partial charge in [0.05, 0.1) is 18.8 Å². The lowest BCUT2D eigenvalue weighted by molar-refractivity contribution is -0.131. The third-order valence-electron chi connectivity index (χ3n) is 8.54. The first-order valence-corrected chi connectivity index (χ1v) is 18.7. The van der Waals surface area contributed by atoms with Crippen LogP contribution in [0.4, 0.5) is 0 Å². The number of nitrogens with one attached hydrogen (secondary N) is 1. The number of hydrogen-bond donors (Lipinski definition) is 4. The fraction of sp³-hybridized carbons (Fsp3) is 0.868. The number of unbranched alkanes of at least 4 members (excludes halogenated alkanes) is 23. The number of rotatable bonds is 33. The van der Waals surface area contributed by atoms with Gasteiger partial charge in [0.2, 0.25) is 5.91 Å². The van der Waals surface area contributed by atoms with Crippen molar-refractivity contribution < 1.29 is 20.1 Å². The van der Waals surface area contributed by atoms with Gasteiger partial charge in [-0.15, -0.1) is 0 Å². The highest BCUT2D eigenvalue weighted by Crippen LogP contribution is 2.13. The van der Waals surface area contributed by atoms with E-state index in [9.17, 15) is 20.1 Å². The minimum atomic E-state index is -1.10. The van der Waals surface area contributed by atoms with Crippen molar-refractivity contribution in [3.63, 3.8) is 0 Å². The van der Waals surface area contributed by atoms with E-state index in [2.05, 4.69) is 31.3 Å². The maximum atomic E-state index is 12.4. The Morgan fingerprint density at radius 2 is 0.930 bits per heavy atom. The lowest BCUT2D eigenvalue weighted by Gasteiger charge is -2.21. The highest BCUT2D eigenvalue weighted by atomic mass is 16.3. The van der Waals surface area contributed by atoms with E-state index in [4.69, 9.17) is 0 Å². The zero-order valence-electron chi connectivity index (χ0n) is 28.6. The van der Waals surface area contributed by atoms with Gasteiger partial charge < -0.3 is 20.6 Å². The molecule has 0 fully saturated rings. The van der Waals surface area contributed by atoms with Crippen molar-refractivity contribution in [3.8, 4) is 0 Å². The van der Waals surface area contributed by atoms with Gasteiger partial charge in [-0.1, -0.05) is 167 Å². The summed E-state index contributed by atoms with van der Waals surface area (Å²) in [5.41, 5.74) is 0. The molecule has 5 heteroatoms. The van der Waals surface area contributed by atoms with Crippen LogP contribution in [0.2, 0.25) is 0 Å². The van der Waals surface area contributed by atoms with E-state index in [1.165, 1.54) is 135 Å². The van der Waals surface area contributed by atoms with Crippen LogP contribution in [-0.2, 0) is 4.79 Å². The van der Waals surface area contributed by atoms with Crippen LogP contribution >= 0.6 is 0 Å². The highest BCUT2D eigenvalue weighted by Gasteiger charge is 2.22. The monoisotopic (exact) mass is 608 g/mol. The molecule has 0 rings (SSSR count). The number of carbonyl (C=O) groups is 1. The summed E-state index contributed by atoms with van der Waals surface area (Å²) in [6, 6.07) is -0.795. The van der Waals surface area contributed by atoms with E-state index in [1.807, 2.05) is 6.08 Å². The van der Waals surface area contributed by atoms with Gasteiger partial charge in [-0.05, 0) is 44.9 Å². The minimum Gasteiger partial charge on any atom is -0.394 e. The second-order valence-electron chi connectivity index (χ2n) is 12.8. The van der Waals surface area contributed by atoms with Crippen molar-refractivity contribution in [2.45, 2.75) is 205 Å². The molecule has 3 unspecified atom stereocenters. The summed E-state index contributed by atoms with van der Waals surface area (Å²) in [5.74, 6) is -0.510. The molecule has 4 N–H and O–H groups in total. The van der Waals surface area contributed by atoms with Gasteiger partial charge in [0, 0.05) is 0 Å².